The van der Waals surface area contributed by atoms with Gasteiger partial charge in [-0.05, 0) is 24.8 Å². The summed E-state index contributed by atoms with van der Waals surface area (Å²) < 4.78 is 0. The fourth-order valence-electron chi connectivity index (χ4n) is 0.820. The molecule has 1 aromatic heterocycles. The van der Waals surface area contributed by atoms with Gasteiger partial charge in [0, 0.05) is 6.54 Å². The fourth-order valence-corrected chi connectivity index (χ4v) is 1.88. The molecule has 1 rings (SSSR count). The van der Waals surface area contributed by atoms with Crippen LogP contribution in [-0.4, -0.2) is 22.8 Å². The van der Waals surface area contributed by atoms with Crippen LogP contribution in [0, 0.1) is 0 Å². The van der Waals surface area contributed by atoms with E-state index in [0.717, 1.165) is 6.54 Å². The van der Waals surface area contributed by atoms with E-state index in [1.54, 1.807) is 0 Å². The van der Waals surface area contributed by atoms with Crippen LogP contribution < -0.4 is 5.32 Å². The number of hydrogen-bond donors (Lipinski definition) is 1. The van der Waals surface area contributed by atoms with Crippen molar-refractivity contribution in [1.29, 1.82) is 0 Å². The number of halogens is 2. The molecule has 6 heteroatoms. The molecule has 0 fully saturated rings. The van der Waals surface area contributed by atoms with Gasteiger partial charge in [0.1, 0.15) is 10.0 Å². The molecule has 0 saturated carbocycles. The van der Waals surface area contributed by atoms with Gasteiger partial charge in [0.05, 0.1) is 0 Å². The minimum Gasteiger partial charge on any atom is -0.369 e. The van der Waals surface area contributed by atoms with Crippen LogP contribution in [0.25, 0.3) is 0 Å². The summed E-state index contributed by atoms with van der Waals surface area (Å²) >= 11 is 13.1. The van der Waals surface area contributed by atoms with Gasteiger partial charge >= 0.3 is 0 Å². The van der Waals surface area contributed by atoms with Crippen molar-refractivity contribution in [3.8, 4) is 0 Å². The van der Waals surface area contributed by atoms with Crippen LogP contribution in [0.3, 0.4) is 0 Å². The molecule has 0 bridgehead atoms. The smallest absolute Gasteiger partial charge is 0.225 e. The average molecular weight is 238 g/mol. The molecule has 1 N–H and O–H groups in total. The van der Waals surface area contributed by atoms with Crippen LogP contribution in [0.4, 0.5) is 5.82 Å². The Morgan fingerprint density at radius 2 is 2.08 bits per heavy atom. The van der Waals surface area contributed by atoms with Crippen molar-refractivity contribution in [3.63, 3.8) is 0 Å². The van der Waals surface area contributed by atoms with E-state index in [0.29, 0.717) is 15.9 Å². The lowest BCUT2D eigenvalue weighted by Gasteiger charge is -2.07. The molecule has 0 radical (unpaired) electrons. The van der Waals surface area contributed by atoms with Gasteiger partial charge in [0.15, 0.2) is 5.82 Å². The monoisotopic (exact) mass is 237 g/mol. The molecule has 0 saturated heterocycles. The van der Waals surface area contributed by atoms with Gasteiger partial charge in [-0.15, -0.1) is 11.8 Å². The minimum atomic E-state index is 0.213. The van der Waals surface area contributed by atoms with Crippen molar-refractivity contribution in [2.24, 2.45) is 0 Å². The molecule has 13 heavy (non-hydrogen) atoms. The molecular formula is C7H9Cl2N3S. The van der Waals surface area contributed by atoms with E-state index < -0.39 is 0 Å². The van der Waals surface area contributed by atoms with Crippen LogP contribution in [0.2, 0.25) is 10.3 Å². The Morgan fingerprint density at radius 3 is 2.62 bits per heavy atom. The van der Waals surface area contributed by atoms with Crippen molar-refractivity contribution in [3.05, 3.63) is 10.3 Å². The zero-order chi connectivity index (χ0) is 9.84. The van der Waals surface area contributed by atoms with Gasteiger partial charge < -0.3 is 5.32 Å². The zero-order valence-corrected chi connectivity index (χ0v) is 9.59. The molecule has 0 aliphatic heterocycles. The Morgan fingerprint density at radius 1 is 1.38 bits per heavy atom. The summed E-state index contributed by atoms with van der Waals surface area (Å²) in [5, 5.41) is 4.44. The van der Waals surface area contributed by atoms with Gasteiger partial charge in [-0.1, -0.05) is 11.6 Å². The topological polar surface area (TPSA) is 37.8 Å². The molecular weight excluding hydrogens is 229 g/mol. The van der Waals surface area contributed by atoms with Crippen LogP contribution in [-0.2, 0) is 0 Å². The summed E-state index contributed by atoms with van der Waals surface area (Å²) in [4.78, 5) is 7.95. The van der Waals surface area contributed by atoms with E-state index in [1.807, 2.05) is 13.2 Å². The van der Waals surface area contributed by atoms with E-state index in [-0.39, 0.29) is 5.28 Å². The Balaban J connectivity index is 3.11. The second kappa shape index (κ2) is 4.88. The predicted octanol–water partition coefficient (Wildman–Crippen LogP) is 2.94. The Hall–Kier alpha value is -0.190. The van der Waals surface area contributed by atoms with Crippen molar-refractivity contribution < 1.29 is 0 Å². The van der Waals surface area contributed by atoms with E-state index in [2.05, 4.69) is 15.3 Å². The second-order valence-electron chi connectivity index (χ2n) is 2.19. The highest BCUT2D eigenvalue weighted by Gasteiger charge is 2.09. The SMILES string of the molecule is CCNc1nc(Cl)nc(SC)c1Cl. The first-order valence-electron chi connectivity index (χ1n) is 3.70. The molecule has 0 spiro atoms. The lowest BCUT2D eigenvalue weighted by Crippen LogP contribution is -2.02. The fraction of sp³-hybridized carbons (Fsp3) is 0.429. The Labute approximate surface area is 91.2 Å². The van der Waals surface area contributed by atoms with Gasteiger partial charge in [-0.3, -0.25) is 0 Å². The standard InChI is InChI=1S/C7H9Cl2N3S/c1-3-10-5-4(8)6(13-2)12-7(9)11-5/h3H2,1-2H3,(H,10,11,12). The van der Waals surface area contributed by atoms with Crippen molar-refractivity contribution >= 4 is 40.8 Å². The van der Waals surface area contributed by atoms with E-state index in [9.17, 15) is 0 Å². The van der Waals surface area contributed by atoms with Gasteiger partial charge in [0.25, 0.3) is 0 Å². The normalized spacial score (nSPS) is 10.2. The number of aromatic nitrogens is 2. The van der Waals surface area contributed by atoms with Gasteiger partial charge in [-0.2, -0.15) is 4.98 Å². The van der Waals surface area contributed by atoms with Crippen molar-refractivity contribution in [2.45, 2.75) is 11.9 Å². The second-order valence-corrected chi connectivity index (χ2v) is 3.71. The van der Waals surface area contributed by atoms with E-state index in [4.69, 9.17) is 23.2 Å². The number of nitrogens with zero attached hydrogens (tertiary/aromatic N) is 2. The Kier molecular flexibility index (Phi) is 4.09. The molecule has 0 aliphatic rings. The highest BCUT2D eigenvalue weighted by atomic mass is 35.5. The van der Waals surface area contributed by atoms with E-state index >= 15 is 0 Å². The molecule has 1 aromatic rings. The van der Waals surface area contributed by atoms with Crippen LogP contribution in [0.15, 0.2) is 5.03 Å². The summed E-state index contributed by atoms with van der Waals surface area (Å²) in [6.07, 6.45) is 1.89. The summed E-state index contributed by atoms with van der Waals surface area (Å²) in [6.45, 7) is 2.71. The molecule has 72 valence electrons. The summed E-state index contributed by atoms with van der Waals surface area (Å²) in [5.41, 5.74) is 0. The molecule has 0 atom stereocenters. The quantitative estimate of drug-likeness (QED) is 0.499. The number of nitrogens with one attached hydrogen (secondary N) is 1. The maximum Gasteiger partial charge on any atom is 0.225 e. The van der Waals surface area contributed by atoms with E-state index in [1.165, 1.54) is 11.8 Å². The molecule has 0 unspecified atom stereocenters. The Bertz CT molecular complexity index is 306. The summed E-state index contributed by atoms with van der Waals surface area (Å²) in [7, 11) is 0. The third kappa shape index (κ3) is 2.62. The highest BCUT2D eigenvalue weighted by molar-refractivity contribution is 7.98. The minimum absolute atomic E-state index is 0.213. The number of anilines is 1. The third-order valence-corrected chi connectivity index (χ3v) is 2.65. The van der Waals surface area contributed by atoms with Crippen molar-refractivity contribution in [2.75, 3.05) is 18.1 Å². The number of rotatable bonds is 3. The molecule has 1 heterocycles. The van der Waals surface area contributed by atoms with Crippen LogP contribution in [0.5, 0.6) is 0 Å². The van der Waals surface area contributed by atoms with Crippen LogP contribution >= 0.6 is 35.0 Å². The first-order valence-corrected chi connectivity index (χ1v) is 5.68. The predicted molar refractivity (Wildman–Crippen MR) is 58.0 cm³/mol. The molecule has 3 nitrogen and oxygen atoms in total. The maximum atomic E-state index is 5.99. The van der Waals surface area contributed by atoms with Crippen LogP contribution in [0.1, 0.15) is 6.92 Å². The zero-order valence-electron chi connectivity index (χ0n) is 7.27. The molecule has 0 aromatic carbocycles. The summed E-state index contributed by atoms with van der Waals surface area (Å²) in [5.74, 6) is 0.591. The molecule has 0 aliphatic carbocycles. The summed E-state index contributed by atoms with van der Waals surface area (Å²) in [6, 6.07) is 0. The number of thioether (sulfide) groups is 1. The van der Waals surface area contributed by atoms with Crippen molar-refractivity contribution in [1.82, 2.24) is 9.97 Å². The van der Waals surface area contributed by atoms with Gasteiger partial charge in [0.2, 0.25) is 5.28 Å². The van der Waals surface area contributed by atoms with Gasteiger partial charge in [-0.25, -0.2) is 4.98 Å². The highest BCUT2D eigenvalue weighted by Crippen LogP contribution is 2.29. The third-order valence-electron chi connectivity index (χ3n) is 1.33. The lowest BCUT2D eigenvalue weighted by atomic mass is 10.5. The lowest BCUT2D eigenvalue weighted by molar-refractivity contribution is 1.03. The largest absolute Gasteiger partial charge is 0.369 e. The first-order chi connectivity index (χ1) is 6.19. The average Bonchev–Trinajstić information content (AvgIpc) is 2.11. The maximum absolute atomic E-state index is 5.99. The number of hydrogen-bond acceptors (Lipinski definition) is 4. The first kappa shape index (κ1) is 10.9. The molecule has 0 amide bonds.